The summed E-state index contributed by atoms with van der Waals surface area (Å²) in [5.74, 6) is 1.52. The highest BCUT2D eigenvalue weighted by Crippen LogP contribution is 2.08. The van der Waals surface area contributed by atoms with Crippen molar-refractivity contribution < 1.29 is 9.47 Å². The molecule has 0 aliphatic heterocycles. The molecule has 0 aromatic carbocycles. The predicted octanol–water partition coefficient (Wildman–Crippen LogP) is 2.73. The van der Waals surface area contributed by atoms with E-state index in [0.717, 1.165) is 31.7 Å². The Morgan fingerprint density at radius 1 is 1.29 bits per heavy atom. The second-order valence-corrected chi connectivity index (χ2v) is 4.58. The molecule has 1 aromatic rings. The van der Waals surface area contributed by atoms with Crippen LogP contribution in [-0.4, -0.2) is 29.6 Å². The quantitative estimate of drug-likeness (QED) is 0.623. The smallest absolute Gasteiger partial charge is 0.157 e. The predicted molar refractivity (Wildman–Crippen MR) is 68.3 cm³/mol. The van der Waals surface area contributed by atoms with Crippen LogP contribution in [0.1, 0.15) is 33.6 Å². The van der Waals surface area contributed by atoms with E-state index in [9.17, 15) is 0 Å². The van der Waals surface area contributed by atoms with Crippen molar-refractivity contribution in [2.75, 3.05) is 19.8 Å². The van der Waals surface area contributed by atoms with Crippen LogP contribution >= 0.6 is 0 Å². The van der Waals surface area contributed by atoms with E-state index in [1.54, 1.807) is 6.20 Å². The third kappa shape index (κ3) is 6.31. The van der Waals surface area contributed by atoms with Crippen LogP contribution in [0.15, 0.2) is 12.4 Å². The number of aryl methyl sites for hydroxylation is 1. The van der Waals surface area contributed by atoms with Gasteiger partial charge in [-0.1, -0.05) is 20.8 Å². The lowest BCUT2D eigenvalue weighted by atomic mass is 10.1. The van der Waals surface area contributed by atoms with Crippen LogP contribution < -0.4 is 4.74 Å². The Labute approximate surface area is 104 Å². The topological polar surface area (TPSA) is 36.3 Å². The van der Waals surface area contributed by atoms with E-state index >= 15 is 0 Å². The van der Waals surface area contributed by atoms with E-state index in [-0.39, 0.29) is 0 Å². The molecule has 0 amide bonds. The zero-order valence-corrected chi connectivity index (χ0v) is 11.2. The Kier molecular flexibility index (Phi) is 6.70. The van der Waals surface area contributed by atoms with E-state index in [1.165, 1.54) is 0 Å². The number of rotatable bonds is 9. The Bertz CT molecular complexity index is 297. The van der Waals surface area contributed by atoms with Gasteiger partial charge >= 0.3 is 0 Å². The lowest BCUT2D eigenvalue weighted by molar-refractivity contribution is 0.0925. The van der Waals surface area contributed by atoms with Crippen LogP contribution in [0.2, 0.25) is 0 Å². The maximum atomic E-state index is 5.53. The molecule has 0 aliphatic rings. The molecule has 0 radical (unpaired) electrons. The maximum absolute atomic E-state index is 5.53. The summed E-state index contributed by atoms with van der Waals surface area (Å²) in [4.78, 5) is 0. The highest BCUT2D eigenvalue weighted by Gasteiger charge is 1.99. The van der Waals surface area contributed by atoms with E-state index in [0.29, 0.717) is 19.1 Å². The Hall–Kier alpha value is -1.03. The van der Waals surface area contributed by atoms with Gasteiger partial charge in [0.25, 0.3) is 0 Å². The zero-order valence-electron chi connectivity index (χ0n) is 11.2. The van der Waals surface area contributed by atoms with Gasteiger partial charge in [-0.05, 0) is 18.8 Å². The van der Waals surface area contributed by atoms with Gasteiger partial charge in [0.1, 0.15) is 6.61 Å². The van der Waals surface area contributed by atoms with Gasteiger partial charge in [0.05, 0.1) is 19.0 Å². The summed E-state index contributed by atoms with van der Waals surface area (Å²) in [5.41, 5.74) is 0. The lowest BCUT2D eigenvalue weighted by Gasteiger charge is -2.06. The van der Waals surface area contributed by atoms with Crippen molar-refractivity contribution in [3.05, 3.63) is 12.4 Å². The monoisotopic (exact) mass is 240 g/mol. The summed E-state index contributed by atoms with van der Waals surface area (Å²) in [6.45, 7) is 9.51. The molecule has 0 saturated carbocycles. The molecule has 0 spiro atoms. The third-order valence-corrected chi connectivity index (χ3v) is 2.40. The Morgan fingerprint density at radius 3 is 2.82 bits per heavy atom. The van der Waals surface area contributed by atoms with Gasteiger partial charge in [-0.3, -0.25) is 4.68 Å². The van der Waals surface area contributed by atoms with Crippen molar-refractivity contribution in [2.45, 2.75) is 40.2 Å². The molecule has 17 heavy (non-hydrogen) atoms. The molecule has 98 valence electrons. The first-order chi connectivity index (χ1) is 8.22. The summed E-state index contributed by atoms with van der Waals surface area (Å²) in [6, 6.07) is 0. The fourth-order valence-electron chi connectivity index (χ4n) is 1.41. The summed E-state index contributed by atoms with van der Waals surface area (Å²) in [6.07, 6.45) is 5.87. The molecule has 0 saturated heterocycles. The minimum Gasteiger partial charge on any atom is -0.488 e. The van der Waals surface area contributed by atoms with E-state index in [2.05, 4.69) is 25.9 Å². The van der Waals surface area contributed by atoms with Crippen molar-refractivity contribution in [3.8, 4) is 5.75 Å². The SMILES string of the molecule is CCCn1cc(OCCOCCC(C)C)cn1. The van der Waals surface area contributed by atoms with Crippen LogP contribution in [0.5, 0.6) is 5.75 Å². The van der Waals surface area contributed by atoms with Gasteiger partial charge in [0.15, 0.2) is 5.75 Å². The maximum Gasteiger partial charge on any atom is 0.157 e. The number of ether oxygens (including phenoxy) is 2. The molecule has 0 N–H and O–H groups in total. The molecule has 1 rings (SSSR count). The first kappa shape index (κ1) is 14.0. The van der Waals surface area contributed by atoms with E-state index in [1.807, 2.05) is 10.9 Å². The van der Waals surface area contributed by atoms with E-state index < -0.39 is 0 Å². The Balaban J connectivity index is 2.05. The summed E-state index contributed by atoms with van der Waals surface area (Å²) < 4.78 is 12.9. The molecule has 0 aliphatic carbocycles. The molecule has 1 aromatic heterocycles. The highest BCUT2D eigenvalue weighted by molar-refractivity contribution is 5.11. The number of nitrogens with zero attached hydrogens (tertiary/aromatic N) is 2. The number of hydrogen-bond acceptors (Lipinski definition) is 3. The molecule has 0 fully saturated rings. The molecule has 1 heterocycles. The third-order valence-electron chi connectivity index (χ3n) is 2.40. The first-order valence-corrected chi connectivity index (χ1v) is 6.45. The van der Waals surface area contributed by atoms with Crippen molar-refractivity contribution in [1.82, 2.24) is 9.78 Å². The van der Waals surface area contributed by atoms with Crippen LogP contribution in [0.4, 0.5) is 0 Å². The Morgan fingerprint density at radius 2 is 2.12 bits per heavy atom. The van der Waals surface area contributed by atoms with Gasteiger partial charge in [0.2, 0.25) is 0 Å². The minimum absolute atomic E-state index is 0.593. The van der Waals surface area contributed by atoms with Crippen LogP contribution in [0.3, 0.4) is 0 Å². The van der Waals surface area contributed by atoms with Gasteiger partial charge in [-0.25, -0.2) is 0 Å². The molecule has 4 nitrogen and oxygen atoms in total. The summed E-state index contributed by atoms with van der Waals surface area (Å²) in [7, 11) is 0. The average Bonchev–Trinajstić information content (AvgIpc) is 2.71. The van der Waals surface area contributed by atoms with Crippen molar-refractivity contribution in [1.29, 1.82) is 0 Å². The molecule has 0 atom stereocenters. The molecular weight excluding hydrogens is 216 g/mol. The van der Waals surface area contributed by atoms with Crippen LogP contribution in [-0.2, 0) is 11.3 Å². The van der Waals surface area contributed by atoms with Crippen molar-refractivity contribution in [2.24, 2.45) is 5.92 Å². The molecule has 0 bridgehead atoms. The largest absolute Gasteiger partial charge is 0.488 e. The average molecular weight is 240 g/mol. The van der Waals surface area contributed by atoms with Gasteiger partial charge < -0.3 is 9.47 Å². The fraction of sp³-hybridized carbons (Fsp3) is 0.769. The first-order valence-electron chi connectivity index (χ1n) is 6.45. The van der Waals surface area contributed by atoms with Crippen LogP contribution in [0.25, 0.3) is 0 Å². The van der Waals surface area contributed by atoms with Gasteiger partial charge in [-0.15, -0.1) is 0 Å². The summed E-state index contributed by atoms with van der Waals surface area (Å²) in [5, 5.41) is 4.20. The van der Waals surface area contributed by atoms with Crippen LogP contribution in [0, 0.1) is 5.92 Å². The molecule has 0 unspecified atom stereocenters. The normalized spacial score (nSPS) is 11.1. The second kappa shape index (κ2) is 8.12. The van der Waals surface area contributed by atoms with Crippen molar-refractivity contribution >= 4 is 0 Å². The summed E-state index contributed by atoms with van der Waals surface area (Å²) >= 11 is 0. The van der Waals surface area contributed by atoms with Gasteiger partial charge in [-0.2, -0.15) is 5.10 Å². The molecule has 4 heteroatoms. The minimum atomic E-state index is 0.593. The molecular formula is C13H24N2O2. The van der Waals surface area contributed by atoms with E-state index in [4.69, 9.17) is 9.47 Å². The highest BCUT2D eigenvalue weighted by atomic mass is 16.5. The second-order valence-electron chi connectivity index (χ2n) is 4.58. The number of aromatic nitrogens is 2. The zero-order chi connectivity index (χ0) is 12.5. The standard InChI is InChI=1S/C13H24N2O2/c1-4-6-15-11-13(10-14-15)17-9-8-16-7-5-12(2)3/h10-12H,4-9H2,1-3H3. The fourth-order valence-corrected chi connectivity index (χ4v) is 1.41. The lowest BCUT2D eigenvalue weighted by Crippen LogP contribution is -2.08. The number of hydrogen-bond donors (Lipinski definition) is 0. The van der Waals surface area contributed by atoms with Gasteiger partial charge in [0, 0.05) is 13.2 Å². The van der Waals surface area contributed by atoms with Crippen molar-refractivity contribution in [3.63, 3.8) is 0 Å².